The van der Waals surface area contributed by atoms with E-state index in [0.717, 1.165) is 0 Å². The van der Waals surface area contributed by atoms with E-state index in [4.69, 9.17) is 5.14 Å². The molecule has 90 valence electrons. The van der Waals surface area contributed by atoms with Gasteiger partial charge in [-0.05, 0) is 18.6 Å². The molecule has 0 fully saturated rings. The van der Waals surface area contributed by atoms with Crippen LogP contribution in [0, 0.1) is 6.92 Å². The molecule has 0 unspecified atom stereocenters. The van der Waals surface area contributed by atoms with Crippen LogP contribution in [0.4, 0.5) is 0 Å². The molecule has 2 rings (SSSR count). The van der Waals surface area contributed by atoms with Crippen molar-refractivity contribution in [2.75, 3.05) is 0 Å². The van der Waals surface area contributed by atoms with Crippen LogP contribution in [-0.4, -0.2) is 8.42 Å². The van der Waals surface area contributed by atoms with Gasteiger partial charge in [0.15, 0.2) is 0 Å². The molecule has 3 nitrogen and oxygen atoms in total. The van der Waals surface area contributed by atoms with Gasteiger partial charge in [0.05, 0.1) is 4.90 Å². The molecule has 2 N–H and O–H groups in total. The Morgan fingerprint density at radius 1 is 0.824 bits per heavy atom. The summed E-state index contributed by atoms with van der Waals surface area (Å²) in [7, 11) is -3.53. The summed E-state index contributed by atoms with van der Waals surface area (Å²) in [6.07, 6.45) is 0. The molecule has 0 aliphatic heterocycles. The number of benzene rings is 2. The summed E-state index contributed by atoms with van der Waals surface area (Å²) >= 11 is 0. The standard InChI is InChI=1S/C7H9NO2S.C6H6/c1-6-4-2-3-5-7(6)11(8,9)10;1-2-4-6-5-3-1/h2-5H,1H3,(H2,8,9,10);1-6H. The number of hydrogen-bond donors (Lipinski definition) is 1. The van der Waals surface area contributed by atoms with Crippen molar-refractivity contribution < 1.29 is 8.42 Å². The fraction of sp³-hybridized carbons (Fsp3) is 0.0769. The van der Waals surface area contributed by atoms with Gasteiger partial charge >= 0.3 is 0 Å². The summed E-state index contributed by atoms with van der Waals surface area (Å²) < 4.78 is 21.7. The lowest BCUT2D eigenvalue weighted by molar-refractivity contribution is 0.597. The van der Waals surface area contributed by atoms with Crippen molar-refractivity contribution in [2.45, 2.75) is 11.8 Å². The average molecular weight is 249 g/mol. The van der Waals surface area contributed by atoms with Crippen molar-refractivity contribution in [1.29, 1.82) is 0 Å². The number of nitrogens with two attached hydrogens (primary N) is 1. The first-order valence-electron chi connectivity index (χ1n) is 5.10. The third-order valence-electron chi connectivity index (χ3n) is 2.07. The van der Waals surface area contributed by atoms with E-state index in [2.05, 4.69) is 0 Å². The molecule has 0 atom stereocenters. The Hall–Kier alpha value is -1.65. The fourth-order valence-electron chi connectivity index (χ4n) is 1.26. The van der Waals surface area contributed by atoms with E-state index in [-0.39, 0.29) is 4.90 Å². The molecule has 17 heavy (non-hydrogen) atoms. The Labute approximate surface area is 102 Å². The lowest BCUT2D eigenvalue weighted by atomic mass is 10.2. The van der Waals surface area contributed by atoms with E-state index in [1.54, 1.807) is 25.1 Å². The largest absolute Gasteiger partial charge is 0.238 e. The van der Waals surface area contributed by atoms with Crippen LogP contribution >= 0.6 is 0 Å². The molecule has 0 bridgehead atoms. The normalized spacial score (nSPS) is 10.2. The molecule has 0 heterocycles. The van der Waals surface area contributed by atoms with Gasteiger partial charge in [0.1, 0.15) is 0 Å². The Bertz CT molecular complexity index is 524. The molecule has 2 aromatic rings. The molecule has 0 radical (unpaired) electrons. The maximum atomic E-state index is 10.8. The van der Waals surface area contributed by atoms with Crippen molar-refractivity contribution in [3.63, 3.8) is 0 Å². The summed E-state index contributed by atoms with van der Waals surface area (Å²) in [4.78, 5) is 0.194. The maximum absolute atomic E-state index is 10.8. The molecule has 0 aromatic heterocycles. The second-order valence-electron chi connectivity index (χ2n) is 3.47. The number of hydrogen-bond acceptors (Lipinski definition) is 2. The van der Waals surface area contributed by atoms with Crippen molar-refractivity contribution in [3.05, 3.63) is 66.2 Å². The van der Waals surface area contributed by atoms with Gasteiger partial charge in [-0.15, -0.1) is 0 Å². The summed E-state index contributed by atoms with van der Waals surface area (Å²) in [6.45, 7) is 1.71. The zero-order valence-corrected chi connectivity index (χ0v) is 10.4. The van der Waals surface area contributed by atoms with Crippen molar-refractivity contribution in [3.8, 4) is 0 Å². The number of aryl methyl sites for hydroxylation is 1. The van der Waals surface area contributed by atoms with Gasteiger partial charge in [-0.1, -0.05) is 54.6 Å². The highest BCUT2D eigenvalue weighted by atomic mass is 32.2. The molecule has 2 aromatic carbocycles. The van der Waals surface area contributed by atoms with E-state index in [1.807, 2.05) is 36.4 Å². The zero-order valence-electron chi connectivity index (χ0n) is 9.58. The Morgan fingerprint density at radius 2 is 1.24 bits per heavy atom. The molecule has 0 saturated carbocycles. The van der Waals surface area contributed by atoms with Crippen LogP contribution in [0.3, 0.4) is 0 Å². The van der Waals surface area contributed by atoms with Crippen molar-refractivity contribution >= 4 is 10.0 Å². The van der Waals surface area contributed by atoms with E-state index < -0.39 is 10.0 Å². The van der Waals surface area contributed by atoms with E-state index in [9.17, 15) is 8.42 Å². The third kappa shape index (κ3) is 4.80. The first-order valence-corrected chi connectivity index (χ1v) is 6.65. The van der Waals surface area contributed by atoms with Crippen molar-refractivity contribution in [1.82, 2.24) is 0 Å². The molecular formula is C13H15NO2S. The summed E-state index contributed by atoms with van der Waals surface area (Å²) in [6, 6.07) is 18.6. The highest BCUT2D eigenvalue weighted by Crippen LogP contribution is 2.10. The quantitative estimate of drug-likeness (QED) is 0.843. The molecule has 0 amide bonds. The Balaban J connectivity index is 0.000000202. The summed E-state index contributed by atoms with van der Waals surface area (Å²) in [5.41, 5.74) is 0.676. The maximum Gasteiger partial charge on any atom is 0.238 e. The van der Waals surface area contributed by atoms with Crippen LogP contribution < -0.4 is 5.14 Å². The smallest absolute Gasteiger partial charge is 0.225 e. The summed E-state index contributed by atoms with van der Waals surface area (Å²) in [5.74, 6) is 0. The predicted octanol–water partition coefficient (Wildman–Crippen LogP) is 2.33. The topological polar surface area (TPSA) is 60.2 Å². The molecular weight excluding hydrogens is 234 g/mol. The van der Waals surface area contributed by atoms with Crippen LogP contribution in [0.1, 0.15) is 5.56 Å². The average Bonchev–Trinajstić information content (AvgIpc) is 2.31. The van der Waals surface area contributed by atoms with Crippen LogP contribution in [0.15, 0.2) is 65.6 Å². The third-order valence-corrected chi connectivity index (χ3v) is 3.14. The summed E-state index contributed by atoms with van der Waals surface area (Å²) in [5, 5.41) is 4.93. The van der Waals surface area contributed by atoms with Crippen LogP contribution in [0.25, 0.3) is 0 Å². The fourth-order valence-corrected chi connectivity index (χ4v) is 2.05. The SMILES string of the molecule is Cc1ccccc1S(N)(=O)=O.c1ccccc1. The van der Waals surface area contributed by atoms with E-state index in [0.29, 0.717) is 5.56 Å². The minimum absolute atomic E-state index is 0.194. The minimum atomic E-state index is -3.53. The highest BCUT2D eigenvalue weighted by molar-refractivity contribution is 7.89. The number of sulfonamides is 1. The number of rotatable bonds is 1. The predicted molar refractivity (Wildman–Crippen MR) is 69.0 cm³/mol. The Morgan fingerprint density at radius 3 is 1.53 bits per heavy atom. The molecule has 0 aliphatic rings. The van der Waals surface area contributed by atoms with E-state index >= 15 is 0 Å². The first-order chi connectivity index (χ1) is 8.02. The van der Waals surface area contributed by atoms with Gasteiger partial charge in [0.25, 0.3) is 0 Å². The lowest BCUT2D eigenvalue weighted by Crippen LogP contribution is -2.13. The van der Waals surface area contributed by atoms with Gasteiger partial charge in [0, 0.05) is 0 Å². The first kappa shape index (κ1) is 13.4. The second-order valence-corrected chi connectivity index (χ2v) is 5.00. The van der Waals surface area contributed by atoms with Gasteiger partial charge in [0.2, 0.25) is 10.0 Å². The monoisotopic (exact) mass is 249 g/mol. The lowest BCUT2D eigenvalue weighted by Gasteiger charge is -2.00. The van der Waals surface area contributed by atoms with Crippen LogP contribution in [0.2, 0.25) is 0 Å². The molecule has 4 heteroatoms. The second kappa shape index (κ2) is 6.18. The van der Waals surface area contributed by atoms with E-state index in [1.165, 1.54) is 6.07 Å². The van der Waals surface area contributed by atoms with Crippen LogP contribution in [0.5, 0.6) is 0 Å². The Kier molecular flexibility index (Phi) is 4.87. The highest BCUT2D eigenvalue weighted by Gasteiger charge is 2.08. The van der Waals surface area contributed by atoms with Crippen LogP contribution in [-0.2, 0) is 10.0 Å². The minimum Gasteiger partial charge on any atom is -0.225 e. The number of primary sulfonamides is 1. The van der Waals surface area contributed by atoms with Gasteiger partial charge in [-0.2, -0.15) is 0 Å². The van der Waals surface area contributed by atoms with Gasteiger partial charge in [-0.3, -0.25) is 0 Å². The van der Waals surface area contributed by atoms with Gasteiger partial charge < -0.3 is 0 Å². The molecule has 0 spiro atoms. The zero-order chi connectivity index (χ0) is 12.7. The van der Waals surface area contributed by atoms with Crippen molar-refractivity contribution in [2.24, 2.45) is 5.14 Å². The van der Waals surface area contributed by atoms with Gasteiger partial charge in [-0.25, -0.2) is 13.6 Å². The molecule has 0 saturated heterocycles. The molecule has 0 aliphatic carbocycles.